The van der Waals surface area contributed by atoms with Crippen molar-refractivity contribution in [3.8, 4) is 22.2 Å². The molecule has 29 heteroatoms. The normalized spacial score (nSPS) is 27.0. The first-order valence-electron chi connectivity index (χ1n) is 39.8. The molecule has 2 saturated heterocycles. The Labute approximate surface area is 664 Å². The standard InChI is InChI=1S/C45H53FN6O7S2.C39H50N6O6S/c1-26(2)35-25-60-41(49-35)34-22-38(30-17-18-37(58-5)27(3)39(30)48-34)59-29-21-36-40(53)50-45(43(55)51-61(56,57)44(4)19-20-44)23-28(45)13-9-7-6-8-10-16-33(42(54)52(36)24-29)47-32-15-12-11-14-31(32)46;1-26(2)45-33-23-40-19-16-30(33)42-35(45)25-51-29-20-32-34(46)22-39(37(48)43-52(49,50)38(3)17-18-38)21-27(39)12-8-5-4-6-11-15-31(36(47)44(32)24-29)41-28-13-9-7-10-14-28/h9,11-15,17-18,22,25-26,28-29,33,36,47H,6-8,10,16,19-21,23-24H2,1-5H3,(H,50,53)(H,51,55);7-10,12-14,16,19,23,26-27,29,31-32,41H,4-6,11,15,17-18,20-22,24-25H2,1-3H3,(H,43,48)/b13-9-;12-8-/t28-,29-,33+,36+,45-;27-,29-,31+,32+,39-/m11/s1. The minimum Gasteiger partial charge on any atom is -0.496 e. The number of aromatic nitrogens is 5. The molecule has 4 aliphatic heterocycles. The Bertz CT molecular complexity index is 5080. The van der Waals surface area contributed by atoms with Crippen LogP contribution in [0.25, 0.3) is 32.6 Å². The summed E-state index contributed by atoms with van der Waals surface area (Å²) in [6, 6.07) is 19.9. The van der Waals surface area contributed by atoms with E-state index in [1.807, 2.05) is 85.1 Å². The predicted molar refractivity (Wildman–Crippen MR) is 430 cm³/mol. The maximum atomic E-state index is 15.1. The number of anilines is 2. The molecule has 5 amide bonds. The monoisotopic (exact) mass is 1600 g/mol. The number of allylic oxidation sites excluding steroid dienone is 3. The lowest BCUT2D eigenvalue weighted by atomic mass is 9.91. The molecule has 0 spiro atoms. The molecule has 3 aromatic carbocycles. The van der Waals surface area contributed by atoms with E-state index < -0.39 is 112 Å². The van der Waals surface area contributed by atoms with Crippen molar-refractivity contribution in [1.29, 1.82) is 0 Å². The van der Waals surface area contributed by atoms with Gasteiger partial charge in [0.1, 0.15) is 70.2 Å². The number of para-hydroxylation sites is 2. The highest BCUT2D eigenvalue weighted by atomic mass is 32.2. The van der Waals surface area contributed by atoms with Crippen LogP contribution in [0.5, 0.6) is 11.5 Å². The molecule has 602 valence electrons. The number of fused-ring (bicyclic) bond motifs is 6. The Morgan fingerprint density at radius 1 is 0.717 bits per heavy atom. The predicted octanol–water partition coefficient (Wildman–Crippen LogP) is 12.6. The van der Waals surface area contributed by atoms with Crippen molar-refractivity contribution in [3.05, 3.63) is 144 Å². The fourth-order valence-electron chi connectivity index (χ4n) is 16.3. The Morgan fingerprint density at radius 2 is 1.35 bits per heavy atom. The van der Waals surface area contributed by atoms with Crippen LogP contribution in [-0.4, -0.2) is 158 Å². The number of hydrogen-bond acceptors (Lipinski definition) is 20. The summed E-state index contributed by atoms with van der Waals surface area (Å²) in [6.07, 6.45) is 20.2. The number of thiazole rings is 1. The molecule has 0 unspecified atom stereocenters. The van der Waals surface area contributed by atoms with Crippen LogP contribution in [0.2, 0.25) is 0 Å². The van der Waals surface area contributed by atoms with Gasteiger partial charge in [0, 0.05) is 72.0 Å². The Hall–Kier alpha value is -9.19. The van der Waals surface area contributed by atoms with Crippen LogP contribution in [0.1, 0.15) is 193 Å². The van der Waals surface area contributed by atoms with Gasteiger partial charge in [0.15, 0.2) is 5.78 Å². The van der Waals surface area contributed by atoms with Crippen molar-refractivity contribution < 1.29 is 64.2 Å². The first-order valence-corrected chi connectivity index (χ1v) is 43.7. The largest absolute Gasteiger partial charge is 0.496 e. The first kappa shape index (κ1) is 80.4. The van der Waals surface area contributed by atoms with Gasteiger partial charge in [-0.2, -0.15) is 0 Å². The fraction of sp³-hybridized carbons (Fsp3) is 0.524. The summed E-state index contributed by atoms with van der Waals surface area (Å²) >= 11 is 1.48. The third-order valence-corrected chi connectivity index (χ3v) is 29.4. The number of aryl methyl sites for hydroxylation is 1. The Balaban J connectivity index is 0.000000190. The summed E-state index contributed by atoms with van der Waals surface area (Å²) in [5, 5.41) is 13.0. The zero-order valence-electron chi connectivity index (χ0n) is 65.4. The van der Waals surface area contributed by atoms with Crippen molar-refractivity contribution in [3.63, 3.8) is 0 Å². The number of benzene rings is 3. The van der Waals surface area contributed by atoms with Crippen molar-refractivity contribution in [2.75, 3.05) is 30.8 Å². The number of ketones is 1. The quantitative estimate of drug-likeness (QED) is 0.0470. The summed E-state index contributed by atoms with van der Waals surface area (Å²) < 4.78 is 91.7. The zero-order valence-corrected chi connectivity index (χ0v) is 67.9. The van der Waals surface area contributed by atoms with Gasteiger partial charge in [0.25, 0.3) is 5.91 Å². The molecule has 4 aliphatic carbocycles. The van der Waals surface area contributed by atoms with E-state index in [9.17, 15) is 45.6 Å². The number of amides is 5. The number of sulfonamides is 2. The van der Waals surface area contributed by atoms with Crippen LogP contribution in [0.15, 0.2) is 121 Å². The van der Waals surface area contributed by atoms with Gasteiger partial charge in [0.2, 0.25) is 43.7 Å². The average molecular weight is 1600 g/mol. The third kappa shape index (κ3) is 17.0. The number of pyridine rings is 2. The average Bonchev–Trinajstić information content (AvgIpc) is 1.56. The van der Waals surface area contributed by atoms with Crippen molar-refractivity contribution in [2.45, 2.75) is 240 Å². The van der Waals surface area contributed by atoms with Crippen LogP contribution in [0, 0.1) is 30.0 Å². The van der Waals surface area contributed by atoms with Crippen LogP contribution in [0.4, 0.5) is 15.8 Å². The molecule has 4 saturated carbocycles. The molecule has 0 radical (unpaired) electrons. The van der Waals surface area contributed by atoms with E-state index in [1.165, 1.54) is 22.3 Å². The van der Waals surface area contributed by atoms with Crippen LogP contribution >= 0.6 is 11.3 Å². The fourth-order valence-corrected chi connectivity index (χ4v) is 19.9. The molecule has 5 N–H and O–H groups in total. The molecule has 15 rings (SSSR count). The number of nitrogens with zero attached hydrogens (tertiary/aromatic N) is 7. The van der Waals surface area contributed by atoms with Gasteiger partial charge in [-0.1, -0.05) is 94.2 Å². The second kappa shape index (κ2) is 32.6. The van der Waals surface area contributed by atoms with Crippen LogP contribution in [0.3, 0.4) is 0 Å². The number of halogens is 1. The first-order chi connectivity index (χ1) is 54.0. The molecule has 0 bridgehead atoms. The molecule has 8 aliphatic rings. The number of rotatable bonds is 19. The van der Waals surface area contributed by atoms with E-state index in [0.29, 0.717) is 90.9 Å². The van der Waals surface area contributed by atoms with Crippen molar-refractivity contribution in [2.24, 2.45) is 17.3 Å². The summed E-state index contributed by atoms with van der Waals surface area (Å²) in [5.74, 6) is -2.00. The molecular formula is C84H103FN12O13S3. The summed E-state index contributed by atoms with van der Waals surface area (Å²) in [7, 11) is -6.30. The van der Waals surface area contributed by atoms with Gasteiger partial charge in [-0.05, 0) is 166 Å². The summed E-state index contributed by atoms with van der Waals surface area (Å²) in [6.45, 7) is 13.9. The minimum atomic E-state index is -4.01. The molecule has 4 aromatic heterocycles. The molecule has 7 aromatic rings. The van der Waals surface area contributed by atoms with Gasteiger partial charge in [-0.25, -0.2) is 36.2 Å². The Kier molecular flexibility index (Phi) is 23.2. The van der Waals surface area contributed by atoms with Gasteiger partial charge in [-0.15, -0.1) is 11.3 Å². The lowest BCUT2D eigenvalue weighted by Crippen LogP contribution is -2.58. The number of hydrogen-bond donors (Lipinski definition) is 5. The zero-order chi connectivity index (χ0) is 79.9. The highest BCUT2D eigenvalue weighted by Crippen LogP contribution is 2.58. The van der Waals surface area contributed by atoms with Gasteiger partial charge in [0.05, 0.1) is 74.8 Å². The number of carbonyl (C=O) groups excluding carboxylic acids is 6. The second-order valence-electron chi connectivity index (χ2n) is 33.1. The van der Waals surface area contributed by atoms with Gasteiger partial charge < -0.3 is 44.5 Å². The molecule has 8 heterocycles. The smallest absolute Gasteiger partial charge is 0.259 e. The van der Waals surface area contributed by atoms with E-state index >= 15 is 4.39 Å². The number of nitrogens with one attached hydrogen (secondary N) is 5. The number of carbonyl (C=O) groups is 6. The number of Topliss-reactive ketones (excluding diaryl/α,β-unsaturated/α-hetero) is 1. The van der Waals surface area contributed by atoms with Gasteiger partial charge in [-0.3, -0.25) is 43.2 Å². The van der Waals surface area contributed by atoms with E-state index in [-0.39, 0.29) is 80.6 Å². The second-order valence-corrected chi connectivity index (χ2v) is 38.3. The summed E-state index contributed by atoms with van der Waals surface area (Å²) in [5.41, 5.74) is 2.99. The molecule has 25 nitrogen and oxygen atoms in total. The minimum absolute atomic E-state index is 0.00463. The lowest BCUT2D eigenvalue weighted by molar-refractivity contribution is -0.140. The SMILES string of the molecule is CC(C)n1c(CO[C@@H]2C[C@H]3C(=O)C[C@]4(C(=O)NS(=O)(=O)C5(C)CC5)C[C@H]4/C=C\CCCCC[C@H](Nc4ccccc4)C(=O)N3C2)nc2ccncc21.COc1ccc2c(O[C@@H]3C[C@H]4C(=O)N[C@]5(C(=O)NS(=O)(=O)C6(C)CC6)C[C@H]5/C=C\CCCCC[C@H](Nc5ccccc5F)C(=O)N4C3)cc(-c3nc(C(C)C)cs3)nc2c1C. The highest BCUT2D eigenvalue weighted by Gasteiger charge is 2.65. The molecule has 10 atom stereocenters. The number of ether oxygens (including phenoxy) is 3. The van der Waals surface area contributed by atoms with E-state index in [0.717, 1.165) is 72.3 Å². The topological polar surface area (TPSA) is 322 Å². The molecular weight excluding hydrogens is 1500 g/mol. The molecule has 113 heavy (non-hydrogen) atoms. The van der Waals surface area contributed by atoms with E-state index in [4.69, 9.17) is 29.2 Å². The van der Waals surface area contributed by atoms with Crippen LogP contribution < -0.4 is 34.9 Å². The Morgan fingerprint density at radius 3 is 2.01 bits per heavy atom. The number of imidazole rings is 1. The molecule has 6 fully saturated rings. The maximum Gasteiger partial charge on any atom is 0.259 e. The van der Waals surface area contributed by atoms with E-state index in [2.05, 4.69) is 68.7 Å². The lowest BCUT2D eigenvalue weighted by Gasteiger charge is -2.30. The maximum absolute atomic E-state index is 15.1. The van der Waals surface area contributed by atoms with Crippen molar-refractivity contribution in [1.82, 2.24) is 49.1 Å². The van der Waals surface area contributed by atoms with E-state index in [1.54, 1.807) is 56.4 Å². The van der Waals surface area contributed by atoms with Gasteiger partial charge >= 0.3 is 0 Å². The van der Waals surface area contributed by atoms with Crippen LogP contribution in [-0.2, 0) is 60.2 Å². The van der Waals surface area contributed by atoms with Crippen molar-refractivity contribution >= 4 is 100 Å². The highest BCUT2D eigenvalue weighted by molar-refractivity contribution is 7.92. The summed E-state index contributed by atoms with van der Waals surface area (Å²) in [4.78, 5) is 109. The third-order valence-electron chi connectivity index (χ3n) is 24.2. The number of methoxy groups -OCH3 is 1.